The summed E-state index contributed by atoms with van der Waals surface area (Å²) in [6, 6.07) is 18.1. The van der Waals surface area contributed by atoms with Gasteiger partial charge in [-0.05, 0) is 30.5 Å². The Hall–Kier alpha value is -2.92. The SMILES string of the molecule is Cc1noc(C)c1C(=O)NCc1cccc(COCc2ccccc2)c1. The van der Waals surface area contributed by atoms with Gasteiger partial charge in [0.25, 0.3) is 5.91 Å². The maximum Gasteiger partial charge on any atom is 0.257 e. The molecule has 5 heteroatoms. The first-order valence-electron chi connectivity index (χ1n) is 8.54. The number of carbonyl (C=O) groups excluding carboxylic acids is 1. The zero-order valence-electron chi connectivity index (χ0n) is 15.0. The van der Waals surface area contributed by atoms with Crippen LogP contribution in [0.15, 0.2) is 59.1 Å². The topological polar surface area (TPSA) is 64.4 Å². The van der Waals surface area contributed by atoms with Crippen LogP contribution in [-0.2, 0) is 24.5 Å². The Morgan fingerprint density at radius 3 is 2.42 bits per heavy atom. The summed E-state index contributed by atoms with van der Waals surface area (Å²) in [5.41, 5.74) is 4.35. The summed E-state index contributed by atoms with van der Waals surface area (Å²) in [6.45, 7) is 5.04. The summed E-state index contributed by atoms with van der Waals surface area (Å²) in [6.07, 6.45) is 0. The molecule has 134 valence electrons. The Kier molecular flexibility index (Phi) is 5.81. The van der Waals surface area contributed by atoms with Crippen LogP contribution in [0.2, 0.25) is 0 Å². The molecule has 0 saturated carbocycles. The smallest absolute Gasteiger partial charge is 0.257 e. The van der Waals surface area contributed by atoms with Gasteiger partial charge in [0.15, 0.2) is 0 Å². The molecule has 0 aliphatic carbocycles. The van der Waals surface area contributed by atoms with Gasteiger partial charge < -0.3 is 14.6 Å². The fourth-order valence-electron chi connectivity index (χ4n) is 2.77. The van der Waals surface area contributed by atoms with E-state index in [1.54, 1.807) is 13.8 Å². The lowest BCUT2D eigenvalue weighted by Crippen LogP contribution is -2.23. The molecule has 0 atom stereocenters. The van der Waals surface area contributed by atoms with E-state index in [2.05, 4.69) is 10.5 Å². The first kappa shape index (κ1) is 17.9. The van der Waals surface area contributed by atoms with E-state index >= 15 is 0 Å². The number of amides is 1. The van der Waals surface area contributed by atoms with Crippen LogP contribution in [0.5, 0.6) is 0 Å². The van der Waals surface area contributed by atoms with Gasteiger partial charge in [-0.25, -0.2) is 0 Å². The number of nitrogens with one attached hydrogen (secondary N) is 1. The van der Waals surface area contributed by atoms with Crippen molar-refractivity contribution >= 4 is 5.91 Å². The monoisotopic (exact) mass is 350 g/mol. The second kappa shape index (κ2) is 8.45. The quantitative estimate of drug-likeness (QED) is 0.701. The highest BCUT2D eigenvalue weighted by atomic mass is 16.5. The normalized spacial score (nSPS) is 10.7. The van der Waals surface area contributed by atoms with Crippen molar-refractivity contribution in [2.75, 3.05) is 0 Å². The van der Waals surface area contributed by atoms with Crippen LogP contribution in [0, 0.1) is 13.8 Å². The molecule has 1 N–H and O–H groups in total. The first-order valence-corrected chi connectivity index (χ1v) is 8.54. The van der Waals surface area contributed by atoms with Gasteiger partial charge >= 0.3 is 0 Å². The summed E-state index contributed by atoms with van der Waals surface area (Å²) in [5, 5.41) is 6.73. The molecular formula is C21H22N2O3. The molecule has 26 heavy (non-hydrogen) atoms. The molecule has 0 saturated heterocycles. The van der Waals surface area contributed by atoms with Crippen molar-refractivity contribution in [3.63, 3.8) is 0 Å². The second-order valence-electron chi connectivity index (χ2n) is 6.18. The lowest BCUT2D eigenvalue weighted by Gasteiger charge is -2.08. The third-order valence-corrected chi connectivity index (χ3v) is 4.09. The Morgan fingerprint density at radius 2 is 1.69 bits per heavy atom. The number of carbonyl (C=O) groups is 1. The van der Waals surface area contributed by atoms with E-state index in [1.807, 2.05) is 54.6 Å². The summed E-state index contributed by atoms with van der Waals surface area (Å²) < 4.78 is 10.8. The van der Waals surface area contributed by atoms with Crippen molar-refractivity contribution in [3.05, 3.63) is 88.3 Å². The Bertz CT molecular complexity index is 852. The van der Waals surface area contributed by atoms with Crippen LogP contribution < -0.4 is 5.32 Å². The number of hydrogen-bond acceptors (Lipinski definition) is 4. The molecule has 0 aliphatic rings. The van der Waals surface area contributed by atoms with Crippen molar-refractivity contribution in [1.29, 1.82) is 0 Å². The average Bonchev–Trinajstić information content (AvgIpc) is 2.99. The Balaban J connectivity index is 1.53. The van der Waals surface area contributed by atoms with E-state index < -0.39 is 0 Å². The van der Waals surface area contributed by atoms with Crippen molar-refractivity contribution in [1.82, 2.24) is 10.5 Å². The number of aryl methyl sites for hydroxylation is 2. The van der Waals surface area contributed by atoms with Crippen molar-refractivity contribution in [2.24, 2.45) is 0 Å². The van der Waals surface area contributed by atoms with E-state index in [0.29, 0.717) is 36.8 Å². The second-order valence-corrected chi connectivity index (χ2v) is 6.18. The average molecular weight is 350 g/mol. The summed E-state index contributed by atoms with van der Waals surface area (Å²) in [7, 11) is 0. The molecule has 3 rings (SSSR count). The maximum absolute atomic E-state index is 12.3. The van der Waals surface area contributed by atoms with Gasteiger partial charge in [-0.1, -0.05) is 59.8 Å². The minimum absolute atomic E-state index is 0.174. The third-order valence-electron chi connectivity index (χ3n) is 4.09. The van der Waals surface area contributed by atoms with Gasteiger partial charge in [-0.2, -0.15) is 0 Å². The predicted molar refractivity (Wildman–Crippen MR) is 98.5 cm³/mol. The van der Waals surface area contributed by atoms with Crippen molar-refractivity contribution in [2.45, 2.75) is 33.6 Å². The van der Waals surface area contributed by atoms with Crippen LogP contribution in [0.4, 0.5) is 0 Å². The van der Waals surface area contributed by atoms with Gasteiger partial charge in [0, 0.05) is 6.54 Å². The predicted octanol–water partition coefficient (Wildman–Crippen LogP) is 3.94. The van der Waals surface area contributed by atoms with Crippen molar-refractivity contribution in [3.8, 4) is 0 Å². The fraction of sp³-hybridized carbons (Fsp3) is 0.238. The highest BCUT2D eigenvalue weighted by Crippen LogP contribution is 2.13. The fourth-order valence-corrected chi connectivity index (χ4v) is 2.77. The number of nitrogens with zero attached hydrogens (tertiary/aromatic N) is 1. The first-order chi connectivity index (χ1) is 12.6. The summed E-state index contributed by atoms with van der Waals surface area (Å²) >= 11 is 0. The standard InChI is InChI=1S/C21H22N2O3/c1-15-20(16(2)26-23-15)21(24)22-12-18-9-6-10-19(11-18)14-25-13-17-7-4-3-5-8-17/h3-11H,12-14H2,1-2H3,(H,22,24). The lowest BCUT2D eigenvalue weighted by atomic mass is 10.1. The molecule has 5 nitrogen and oxygen atoms in total. The maximum atomic E-state index is 12.3. The van der Waals surface area contributed by atoms with E-state index in [1.165, 1.54) is 0 Å². The molecule has 0 radical (unpaired) electrons. The molecule has 0 bridgehead atoms. The molecule has 3 aromatic rings. The van der Waals surface area contributed by atoms with E-state index in [0.717, 1.165) is 16.7 Å². The number of ether oxygens (including phenoxy) is 1. The Labute approximate surface area is 153 Å². The Morgan fingerprint density at radius 1 is 1.00 bits per heavy atom. The van der Waals surface area contributed by atoms with Crippen LogP contribution in [0.1, 0.15) is 38.5 Å². The van der Waals surface area contributed by atoms with Crippen LogP contribution in [0.25, 0.3) is 0 Å². The van der Waals surface area contributed by atoms with Gasteiger partial charge in [-0.3, -0.25) is 4.79 Å². The van der Waals surface area contributed by atoms with E-state index in [4.69, 9.17) is 9.26 Å². The molecule has 0 unspecified atom stereocenters. The number of rotatable bonds is 7. The molecule has 1 aromatic heterocycles. The van der Waals surface area contributed by atoms with E-state index in [-0.39, 0.29) is 5.91 Å². The van der Waals surface area contributed by atoms with Crippen LogP contribution in [0.3, 0.4) is 0 Å². The number of benzene rings is 2. The van der Waals surface area contributed by atoms with Gasteiger partial charge in [-0.15, -0.1) is 0 Å². The molecular weight excluding hydrogens is 328 g/mol. The van der Waals surface area contributed by atoms with Crippen LogP contribution >= 0.6 is 0 Å². The zero-order valence-corrected chi connectivity index (χ0v) is 15.0. The number of hydrogen-bond donors (Lipinski definition) is 1. The molecule has 0 spiro atoms. The lowest BCUT2D eigenvalue weighted by molar-refractivity contribution is 0.0948. The molecule has 2 aromatic carbocycles. The van der Waals surface area contributed by atoms with Crippen molar-refractivity contribution < 1.29 is 14.1 Å². The van der Waals surface area contributed by atoms with Gasteiger partial charge in [0.1, 0.15) is 11.3 Å². The minimum atomic E-state index is -0.174. The molecule has 0 fully saturated rings. The van der Waals surface area contributed by atoms with Crippen LogP contribution in [-0.4, -0.2) is 11.1 Å². The highest BCUT2D eigenvalue weighted by molar-refractivity contribution is 5.96. The third kappa shape index (κ3) is 4.58. The van der Waals surface area contributed by atoms with Gasteiger partial charge in [0.2, 0.25) is 0 Å². The number of aromatic nitrogens is 1. The molecule has 1 amide bonds. The largest absolute Gasteiger partial charge is 0.372 e. The molecule has 1 heterocycles. The summed E-state index contributed by atoms with van der Waals surface area (Å²) in [5.74, 6) is 0.357. The zero-order chi connectivity index (χ0) is 18.4. The minimum Gasteiger partial charge on any atom is -0.372 e. The molecule has 0 aliphatic heterocycles. The highest BCUT2D eigenvalue weighted by Gasteiger charge is 2.16. The van der Waals surface area contributed by atoms with E-state index in [9.17, 15) is 4.79 Å². The summed E-state index contributed by atoms with van der Waals surface area (Å²) in [4.78, 5) is 12.3. The van der Waals surface area contributed by atoms with Gasteiger partial charge in [0.05, 0.1) is 18.9 Å².